The van der Waals surface area contributed by atoms with Crippen LogP contribution in [0.3, 0.4) is 0 Å². The van der Waals surface area contributed by atoms with Crippen LogP contribution in [0, 0.1) is 13.8 Å². The molecule has 0 bridgehead atoms. The fourth-order valence-corrected chi connectivity index (χ4v) is 4.51. The average Bonchev–Trinajstić information content (AvgIpc) is 3.35. The quantitative estimate of drug-likeness (QED) is 0.433. The van der Waals surface area contributed by atoms with Crippen molar-refractivity contribution in [1.82, 2.24) is 25.1 Å². The van der Waals surface area contributed by atoms with Crippen molar-refractivity contribution in [1.29, 1.82) is 0 Å². The first kappa shape index (κ1) is 20.0. The Labute approximate surface area is 186 Å². The van der Waals surface area contributed by atoms with Crippen LogP contribution in [0.5, 0.6) is 0 Å². The molecule has 3 aromatic heterocycles. The predicted molar refractivity (Wildman–Crippen MR) is 127 cm³/mol. The molecular formula is C26H25N5O. The first-order valence-corrected chi connectivity index (χ1v) is 10.7. The van der Waals surface area contributed by atoms with E-state index in [2.05, 4.69) is 50.8 Å². The summed E-state index contributed by atoms with van der Waals surface area (Å²) in [7, 11) is 1.85. The lowest BCUT2D eigenvalue weighted by Crippen LogP contribution is -2.29. The summed E-state index contributed by atoms with van der Waals surface area (Å²) in [6.07, 6.45) is 2.05. The molecular weight excluding hydrogens is 398 g/mol. The van der Waals surface area contributed by atoms with Crippen LogP contribution in [0.25, 0.3) is 21.9 Å². The molecule has 1 amide bonds. The number of benzene rings is 2. The molecule has 1 atom stereocenters. The van der Waals surface area contributed by atoms with Crippen LogP contribution in [0.1, 0.15) is 38.8 Å². The molecule has 0 spiro atoms. The van der Waals surface area contributed by atoms with E-state index in [0.717, 1.165) is 33.5 Å². The zero-order valence-corrected chi connectivity index (χ0v) is 18.4. The first-order valence-electron chi connectivity index (χ1n) is 10.7. The van der Waals surface area contributed by atoms with E-state index in [-0.39, 0.29) is 11.8 Å². The summed E-state index contributed by atoms with van der Waals surface area (Å²) in [6, 6.07) is 20.4. The number of amides is 1. The monoisotopic (exact) mass is 423 g/mol. The highest BCUT2D eigenvalue weighted by molar-refractivity contribution is 6.06. The van der Waals surface area contributed by atoms with Gasteiger partial charge in [0.25, 0.3) is 5.91 Å². The van der Waals surface area contributed by atoms with Crippen LogP contribution in [0.4, 0.5) is 0 Å². The normalized spacial score (nSPS) is 12.3. The maximum absolute atomic E-state index is 13.4. The number of aryl methyl sites for hydroxylation is 3. The Morgan fingerprint density at radius 2 is 1.84 bits per heavy atom. The third kappa shape index (κ3) is 3.43. The van der Waals surface area contributed by atoms with Gasteiger partial charge in [-0.05, 0) is 37.1 Å². The number of H-pyrrole nitrogens is 1. The van der Waals surface area contributed by atoms with Crippen LogP contribution in [-0.2, 0) is 7.05 Å². The van der Waals surface area contributed by atoms with Crippen LogP contribution >= 0.6 is 0 Å². The summed E-state index contributed by atoms with van der Waals surface area (Å²) in [5, 5.41) is 9.62. The number of pyridine rings is 1. The Hall–Kier alpha value is -3.93. The van der Waals surface area contributed by atoms with E-state index in [0.29, 0.717) is 12.1 Å². The van der Waals surface area contributed by atoms with Crippen molar-refractivity contribution in [3.05, 3.63) is 94.9 Å². The third-order valence-electron chi connectivity index (χ3n) is 6.01. The van der Waals surface area contributed by atoms with Gasteiger partial charge in [-0.1, -0.05) is 48.5 Å². The highest BCUT2D eigenvalue weighted by Gasteiger charge is 2.22. The molecule has 0 saturated heterocycles. The van der Waals surface area contributed by atoms with Crippen molar-refractivity contribution in [3.8, 4) is 0 Å². The van der Waals surface area contributed by atoms with Crippen LogP contribution in [0.15, 0.2) is 66.9 Å². The Kier molecular flexibility index (Phi) is 4.98. The maximum atomic E-state index is 13.4. The lowest BCUT2D eigenvalue weighted by atomic mass is 9.91. The number of rotatable bonds is 5. The second-order valence-electron chi connectivity index (χ2n) is 8.18. The summed E-state index contributed by atoms with van der Waals surface area (Å²) >= 11 is 0. The average molecular weight is 424 g/mol. The third-order valence-corrected chi connectivity index (χ3v) is 6.01. The predicted octanol–water partition coefficient (Wildman–Crippen LogP) is 4.63. The van der Waals surface area contributed by atoms with Gasteiger partial charge in [-0.3, -0.25) is 9.48 Å². The lowest BCUT2D eigenvalue weighted by Gasteiger charge is -2.18. The number of para-hydroxylation sites is 1. The van der Waals surface area contributed by atoms with Crippen molar-refractivity contribution in [2.45, 2.75) is 19.8 Å². The number of aromatic nitrogens is 4. The number of nitrogens with one attached hydrogen (secondary N) is 2. The van der Waals surface area contributed by atoms with Crippen molar-refractivity contribution >= 4 is 27.8 Å². The van der Waals surface area contributed by atoms with Crippen molar-refractivity contribution in [3.63, 3.8) is 0 Å². The Morgan fingerprint density at radius 1 is 1.09 bits per heavy atom. The van der Waals surface area contributed by atoms with Gasteiger partial charge in [0, 0.05) is 42.3 Å². The molecule has 6 nitrogen and oxygen atoms in total. The molecule has 160 valence electrons. The molecule has 2 N–H and O–H groups in total. The number of hydrogen-bond acceptors (Lipinski definition) is 3. The Morgan fingerprint density at radius 3 is 2.66 bits per heavy atom. The second-order valence-corrected chi connectivity index (χ2v) is 8.18. The van der Waals surface area contributed by atoms with E-state index in [1.165, 1.54) is 10.9 Å². The van der Waals surface area contributed by atoms with Gasteiger partial charge in [-0.2, -0.15) is 5.10 Å². The van der Waals surface area contributed by atoms with Crippen molar-refractivity contribution < 1.29 is 4.79 Å². The number of nitrogens with zero attached hydrogens (tertiary/aromatic N) is 3. The van der Waals surface area contributed by atoms with Gasteiger partial charge in [0.05, 0.1) is 16.6 Å². The fourth-order valence-electron chi connectivity index (χ4n) is 4.51. The number of aromatic amines is 1. The molecule has 5 rings (SSSR count). The number of hydrogen-bond donors (Lipinski definition) is 2. The van der Waals surface area contributed by atoms with E-state index in [9.17, 15) is 4.79 Å². The summed E-state index contributed by atoms with van der Waals surface area (Å²) in [5.74, 6) is -0.0953. The minimum Gasteiger partial charge on any atom is -0.361 e. The van der Waals surface area contributed by atoms with Crippen molar-refractivity contribution in [2.75, 3.05) is 6.54 Å². The summed E-state index contributed by atoms with van der Waals surface area (Å²) in [4.78, 5) is 21.3. The maximum Gasteiger partial charge on any atom is 0.252 e. The van der Waals surface area contributed by atoms with Gasteiger partial charge < -0.3 is 10.3 Å². The summed E-state index contributed by atoms with van der Waals surface area (Å²) in [6.45, 7) is 4.29. The summed E-state index contributed by atoms with van der Waals surface area (Å²) < 4.78 is 1.73. The number of carbonyl (C=O) groups is 1. The molecule has 32 heavy (non-hydrogen) atoms. The van der Waals surface area contributed by atoms with Gasteiger partial charge in [0.1, 0.15) is 0 Å². The molecule has 0 radical (unpaired) electrons. The Balaban J connectivity index is 1.51. The zero-order chi connectivity index (χ0) is 22.2. The van der Waals surface area contributed by atoms with E-state index in [4.69, 9.17) is 0 Å². The minimum atomic E-state index is -0.114. The van der Waals surface area contributed by atoms with Crippen molar-refractivity contribution in [2.24, 2.45) is 7.05 Å². The highest BCUT2D eigenvalue weighted by atomic mass is 16.1. The smallest absolute Gasteiger partial charge is 0.252 e. The van der Waals surface area contributed by atoms with E-state index in [1.54, 1.807) is 4.68 Å². The number of fused-ring (bicyclic) bond motifs is 2. The molecule has 5 aromatic rings. The SMILES string of the molecule is Cc1cc(C(=O)NCC(c2ccccc2)c2c[nH]c3ccccc23)c2c(C)nn(C)c2n1. The summed E-state index contributed by atoms with van der Waals surface area (Å²) in [5.41, 5.74) is 6.35. The van der Waals surface area contributed by atoms with Gasteiger partial charge in [0.15, 0.2) is 5.65 Å². The van der Waals surface area contributed by atoms with Gasteiger partial charge >= 0.3 is 0 Å². The van der Waals surface area contributed by atoms with E-state index in [1.807, 2.05) is 57.3 Å². The molecule has 0 fully saturated rings. The highest BCUT2D eigenvalue weighted by Crippen LogP contribution is 2.30. The van der Waals surface area contributed by atoms with Gasteiger partial charge in [-0.25, -0.2) is 4.98 Å². The van der Waals surface area contributed by atoms with Crippen LogP contribution in [-0.4, -0.2) is 32.2 Å². The molecule has 0 aliphatic heterocycles. The molecule has 2 aromatic carbocycles. The molecule has 6 heteroatoms. The Bertz CT molecular complexity index is 1430. The van der Waals surface area contributed by atoms with Gasteiger partial charge in [-0.15, -0.1) is 0 Å². The van der Waals surface area contributed by atoms with E-state index >= 15 is 0 Å². The first-order chi connectivity index (χ1) is 15.5. The minimum absolute atomic E-state index is 0.0183. The molecule has 0 aliphatic rings. The lowest BCUT2D eigenvalue weighted by molar-refractivity contribution is 0.0954. The van der Waals surface area contributed by atoms with Crippen LogP contribution < -0.4 is 5.32 Å². The van der Waals surface area contributed by atoms with Crippen LogP contribution in [0.2, 0.25) is 0 Å². The molecule has 1 unspecified atom stereocenters. The standard InChI is InChI=1S/C26H25N5O/c1-16-13-20(24-17(2)30-31(3)25(24)29-16)26(32)28-14-21(18-9-5-4-6-10-18)22-15-27-23-12-8-7-11-19(22)23/h4-13,15,21,27H,14H2,1-3H3,(H,28,32). The fraction of sp³-hybridized carbons (Fsp3) is 0.192. The number of carbonyl (C=O) groups excluding carboxylic acids is 1. The van der Waals surface area contributed by atoms with E-state index < -0.39 is 0 Å². The zero-order valence-electron chi connectivity index (χ0n) is 18.4. The molecule has 0 aliphatic carbocycles. The second kappa shape index (κ2) is 7.96. The largest absolute Gasteiger partial charge is 0.361 e. The molecule has 3 heterocycles. The molecule has 0 saturated carbocycles. The topological polar surface area (TPSA) is 75.6 Å². The van der Waals surface area contributed by atoms with Gasteiger partial charge in [0.2, 0.25) is 0 Å².